The summed E-state index contributed by atoms with van der Waals surface area (Å²) in [5, 5.41) is 27.2. The van der Waals surface area contributed by atoms with Crippen LogP contribution in [-0.4, -0.2) is 77.7 Å². The van der Waals surface area contributed by atoms with E-state index < -0.39 is 79.0 Å². The van der Waals surface area contributed by atoms with Gasteiger partial charge in [0.05, 0.1) is 17.7 Å². The Balaban J connectivity index is -0.000000963. The molecule has 0 saturated carbocycles. The molecule has 0 bridgehead atoms. The van der Waals surface area contributed by atoms with E-state index in [1.54, 1.807) is 0 Å². The minimum Gasteiger partial charge on any atom is -0.856 e. The van der Waals surface area contributed by atoms with Gasteiger partial charge in [-0.15, -0.1) is 0 Å². The van der Waals surface area contributed by atoms with Crippen LogP contribution in [0.15, 0.2) is 13.2 Å². The quantitative estimate of drug-likeness (QED) is 0.101. The normalized spacial score (nSPS) is 15.2. The summed E-state index contributed by atoms with van der Waals surface area (Å²) < 4.78 is 194. The Morgan fingerprint density at radius 2 is 0.744 bits per heavy atom. The second-order valence-electron chi connectivity index (χ2n) is 5.15. The van der Waals surface area contributed by atoms with Crippen LogP contribution in [0.2, 0.25) is 0 Å². The molecule has 0 unspecified atom stereocenters. The Labute approximate surface area is 260 Å². The number of nitrogens with zero attached hydrogens (tertiary/aromatic N) is 3. The molecule has 2 N–H and O–H groups in total. The summed E-state index contributed by atoms with van der Waals surface area (Å²) in [4.78, 5) is 0. The van der Waals surface area contributed by atoms with Gasteiger partial charge in [0.2, 0.25) is 0 Å². The molecule has 206 valence electrons. The van der Waals surface area contributed by atoms with E-state index in [1.807, 2.05) is 0 Å². The number of alkyl halides is 8. The van der Waals surface area contributed by atoms with E-state index in [1.165, 1.54) is 0 Å². The Bertz CT molecular complexity index is 1410. The van der Waals surface area contributed by atoms with E-state index in [0.29, 0.717) is 0 Å². The molecule has 0 radical (unpaired) electrons. The molecule has 0 rings (SSSR count). The number of hydrogen-bond acceptors (Lipinski definition) is 12. The molecule has 0 amide bonds. The molecule has 0 aliphatic rings. The molecule has 0 heterocycles. The third-order valence-electron chi connectivity index (χ3n) is 2.65. The number of rotatable bonds is 10. The SMILES string of the molecule is [Li+].[Li+].[Li+].[Li+].[NH-]S(=O)(=O)C(F)(F)C([O-])=NS(=O)(=O)C(F)(F)C([O-])=NS(=O)(=O)C(F)(F)C([O-])=NS(=O)(=O)C(O)(F)F. The van der Waals surface area contributed by atoms with Crippen LogP contribution in [0.4, 0.5) is 35.1 Å². The van der Waals surface area contributed by atoms with E-state index in [4.69, 9.17) is 10.2 Å². The van der Waals surface area contributed by atoms with Crippen molar-refractivity contribution < 1.29 is 165 Å². The van der Waals surface area contributed by atoms with Crippen LogP contribution in [0, 0.1) is 0 Å². The van der Waals surface area contributed by atoms with Crippen molar-refractivity contribution in [2.75, 3.05) is 0 Å². The molecule has 0 aromatic heterocycles. The zero-order chi connectivity index (χ0) is 28.9. The van der Waals surface area contributed by atoms with Crippen molar-refractivity contribution in [2.24, 2.45) is 13.2 Å². The first-order valence-electron chi connectivity index (χ1n) is 6.67. The maximum atomic E-state index is 13.6. The van der Waals surface area contributed by atoms with Gasteiger partial charge in [-0.3, -0.25) is 0 Å². The van der Waals surface area contributed by atoms with Gasteiger partial charge in [0.1, 0.15) is 10.0 Å². The number of nitrogens with one attached hydrogen (secondary N) is 1. The fourth-order valence-corrected chi connectivity index (χ4v) is 3.31. The predicted molar refractivity (Wildman–Crippen MR) is 84.3 cm³/mol. The predicted octanol–water partition coefficient (Wildman–Crippen LogP) is -16.0. The Morgan fingerprint density at radius 3 is 0.949 bits per heavy atom. The first kappa shape index (κ1) is 48.7. The molecular weight excluding hydrogens is 640 g/mol. The van der Waals surface area contributed by atoms with Gasteiger partial charge in [0, 0.05) is 0 Å². The molecule has 0 aromatic rings. The Hall–Kier alpha value is -0.0404. The third kappa shape index (κ3) is 10.3. The van der Waals surface area contributed by atoms with Crippen LogP contribution in [0.1, 0.15) is 0 Å². The number of aliphatic hydroxyl groups is 1. The van der Waals surface area contributed by atoms with Crippen LogP contribution < -0.4 is 90.8 Å². The summed E-state index contributed by atoms with van der Waals surface area (Å²) in [5.74, 6) is -12.1. The molecule has 0 fully saturated rings. The molecule has 0 spiro atoms. The third-order valence-corrected chi connectivity index (χ3v) is 6.99. The van der Waals surface area contributed by atoms with Crippen LogP contribution in [0.5, 0.6) is 0 Å². The zero-order valence-electron chi connectivity index (χ0n) is 18.9. The average molecular weight is 642 g/mol. The van der Waals surface area contributed by atoms with Crippen molar-refractivity contribution >= 4 is 57.8 Å². The maximum Gasteiger partial charge on any atom is 1.00 e. The molecule has 0 saturated heterocycles. The Kier molecular flexibility index (Phi) is 18.0. The van der Waals surface area contributed by atoms with Gasteiger partial charge in [0.15, 0.2) is 0 Å². The fourth-order valence-electron chi connectivity index (χ4n) is 0.992. The first-order chi connectivity index (χ1) is 14.9. The summed E-state index contributed by atoms with van der Waals surface area (Å²) in [6, 6.07) is 0. The van der Waals surface area contributed by atoms with Crippen LogP contribution in [0.3, 0.4) is 0 Å². The molecule has 16 nitrogen and oxygen atoms in total. The second-order valence-corrected chi connectivity index (χ2v) is 11.6. The summed E-state index contributed by atoms with van der Waals surface area (Å²) in [5.41, 5.74) is -6.08. The number of sulfonamides is 4. The Morgan fingerprint density at radius 1 is 0.538 bits per heavy atom. The van der Waals surface area contributed by atoms with E-state index in [0.717, 1.165) is 13.2 Å². The van der Waals surface area contributed by atoms with Gasteiger partial charge in [0.25, 0.3) is 0 Å². The van der Waals surface area contributed by atoms with Crippen molar-refractivity contribution in [3.63, 3.8) is 0 Å². The zero-order valence-corrected chi connectivity index (χ0v) is 22.2. The van der Waals surface area contributed by atoms with Crippen molar-refractivity contribution in [3.8, 4) is 0 Å². The van der Waals surface area contributed by atoms with Gasteiger partial charge in [-0.2, -0.15) is 73.6 Å². The van der Waals surface area contributed by atoms with Crippen LogP contribution in [-0.2, 0) is 40.1 Å². The maximum absolute atomic E-state index is 13.6. The number of halogens is 8. The van der Waals surface area contributed by atoms with Gasteiger partial charge in [-0.25, -0.2) is 8.42 Å². The van der Waals surface area contributed by atoms with E-state index in [9.17, 15) is 84.1 Å². The summed E-state index contributed by atoms with van der Waals surface area (Å²) >= 11 is 0. The minimum absolute atomic E-state index is 0. The smallest absolute Gasteiger partial charge is 0.856 e. The largest absolute Gasteiger partial charge is 1.00 e. The van der Waals surface area contributed by atoms with Gasteiger partial charge in [-0.05, 0) is 0 Å². The molecule has 39 heavy (non-hydrogen) atoms. The molecule has 0 atom stereocenters. The van der Waals surface area contributed by atoms with Crippen molar-refractivity contribution in [1.29, 1.82) is 0 Å². The standard InChI is InChI=1S/C7H5F8N4O12S4.4Li/c8-4(9,32(16,24)25)1(20)17-33(26,27)5(10,11)2(21)18-34(28,29)6(12,13)3(22)19-35(30,31)7(14,15)23;;;;/h23H,(H4-,16,17,18,19,20,21,22,24,25);;;;/q-1;4*+1/p-3. The van der Waals surface area contributed by atoms with Gasteiger partial charge in [-0.1, -0.05) is 0 Å². The molecule has 0 aliphatic carbocycles. The first-order valence-corrected chi connectivity index (χ1v) is 12.5. The van der Waals surface area contributed by atoms with Crippen LogP contribution in [0.25, 0.3) is 5.14 Å². The van der Waals surface area contributed by atoms with Crippen molar-refractivity contribution in [3.05, 3.63) is 5.14 Å². The summed E-state index contributed by atoms with van der Waals surface area (Å²) in [6.07, 6.45) is 0. The van der Waals surface area contributed by atoms with E-state index in [-0.39, 0.29) is 75.4 Å². The molecule has 0 aliphatic heterocycles. The molecular formula is C7H2F8Li4N4O12S4. The minimum atomic E-state index is -7.54. The summed E-state index contributed by atoms with van der Waals surface area (Å²) in [6.45, 7) is 0. The summed E-state index contributed by atoms with van der Waals surface area (Å²) in [7, 11) is -28.6. The molecule has 0 aromatic carbocycles. The topological polar surface area (TPSA) is 287 Å². The van der Waals surface area contributed by atoms with E-state index in [2.05, 4.69) is 0 Å². The second kappa shape index (κ2) is 14.4. The fraction of sp³-hybridized carbons (Fsp3) is 0.571. The number of hydrogen-bond donors (Lipinski definition) is 1. The van der Waals surface area contributed by atoms with E-state index >= 15 is 0 Å². The van der Waals surface area contributed by atoms with Crippen LogP contribution >= 0.6 is 0 Å². The van der Waals surface area contributed by atoms with Crippen molar-refractivity contribution in [2.45, 2.75) is 21.2 Å². The van der Waals surface area contributed by atoms with Crippen molar-refractivity contribution in [1.82, 2.24) is 0 Å². The average Bonchev–Trinajstić information content (AvgIpc) is 2.57. The van der Waals surface area contributed by atoms with Gasteiger partial charge >= 0.3 is 127 Å². The van der Waals surface area contributed by atoms with Gasteiger partial charge < -0.3 is 25.6 Å². The monoisotopic (exact) mass is 642 g/mol. The molecule has 32 heteroatoms.